The summed E-state index contributed by atoms with van der Waals surface area (Å²) >= 11 is 0. The average Bonchev–Trinajstić information content (AvgIpc) is 3.20. The van der Waals surface area contributed by atoms with E-state index in [9.17, 15) is 19.2 Å². The molecule has 2 aromatic carbocycles. The number of benzene rings is 2. The van der Waals surface area contributed by atoms with Gasteiger partial charge in [0.1, 0.15) is 29.8 Å². The van der Waals surface area contributed by atoms with Crippen LogP contribution < -0.4 is 10.5 Å². The quantitative estimate of drug-likeness (QED) is 0.431. The summed E-state index contributed by atoms with van der Waals surface area (Å²) in [4.78, 5) is 26.0. The molecular weight excluding hydrogens is 435 g/mol. The first kappa shape index (κ1) is 23.1. The Labute approximate surface area is 196 Å². The normalized spacial score (nSPS) is 14.7. The molecule has 2 amide bonds. The monoisotopic (exact) mass is 460 g/mol. The number of rotatable bonds is 7. The van der Waals surface area contributed by atoms with E-state index in [2.05, 4.69) is 0 Å². The summed E-state index contributed by atoms with van der Waals surface area (Å²) in [6.45, 7) is 1.69. The molecule has 4 rings (SSSR count). The van der Waals surface area contributed by atoms with Crippen LogP contribution in [-0.4, -0.2) is 41.0 Å². The Hall–Kier alpha value is -4.12. The second kappa shape index (κ2) is 10.2. The van der Waals surface area contributed by atoms with Gasteiger partial charge >= 0.3 is 0 Å². The molecule has 0 radical (unpaired) electrons. The zero-order chi connectivity index (χ0) is 24.1. The lowest BCUT2D eigenvalue weighted by Crippen LogP contribution is -2.42. The second-order valence-corrected chi connectivity index (χ2v) is 8.24. The highest BCUT2D eigenvalue weighted by atomic mass is 19.1. The fourth-order valence-corrected chi connectivity index (χ4v) is 4.20. The SMILES string of the molecule is N#CC(=Cc1cn(CCOc2ccc(F)cc2)c2ccccc12)C(=O)N1CCC(C(N)=O)CC1. The number of piperidine rings is 1. The molecule has 0 saturated carbocycles. The number of carbonyl (C=O) groups is 2. The third kappa shape index (κ3) is 5.09. The van der Waals surface area contributed by atoms with Crippen LogP contribution in [0.25, 0.3) is 17.0 Å². The molecule has 1 fully saturated rings. The number of nitrogens with two attached hydrogens (primary N) is 1. The van der Waals surface area contributed by atoms with Gasteiger partial charge in [-0.05, 0) is 49.2 Å². The van der Waals surface area contributed by atoms with Crippen molar-refractivity contribution in [3.05, 3.63) is 71.7 Å². The maximum absolute atomic E-state index is 13.1. The number of nitrogens with zero attached hydrogens (tertiary/aromatic N) is 3. The van der Waals surface area contributed by atoms with Crippen LogP contribution in [0.4, 0.5) is 4.39 Å². The van der Waals surface area contributed by atoms with E-state index in [1.54, 1.807) is 23.1 Å². The molecule has 34 heavy (non-hydrogen) atoms. The number of hydrogen-bond acceptors (Lipinski definition) is 4. The van der Waals surface area contributed by atoms with Crippen molar-refractivity contribution in [2.75, 3.05) is 19.7 Å². The molecule has 7 nitrogen and oxygen atoms in total. The van der Waals surface area contributed by atoms with E-state index in [0.717, 1.165) is 16.5 Å². The number of aromatic nitrogens is 1. The fraction of sp³-hybridized carbons (Fsp3) is 0.269. The lowest BCUT2D eigenvalue weighted by atomic mass is 9.96. The largest absolute Gasteiger partial charge is 0.492 e. The van der Waals surface area contributed by atoms with Crippen molar-refractivity contribution < 1.29 is 18.7 Å². The Balaban J connectivity index is 1.51. The number of carbonyl (C=O) groups excluding carboxylic acids is 2. The standard InChI is InChI=1S/C26H25FN4O3/c27-21-5-7-22(8-6-21)34-14-13-31-17-20(23-3-1-2-4-24(23)31)15-19(16-28)26(33)30-11-9-18(10-12-30)25(29)32/h1-8,15,17-18H,9-14H2,(H2,29,32). The van der Waals surface area contributed by atoms with E-state index in [-0.39, 0.29) is 29.1 Å². The van der Waals surface area contributed by atoms with Gasteiger partial charge in [-0.1, -0.05) is 18.2 Å². The van der Waals surface area contributed by atoms with Crippen molar-refractivity contribution in [1.29, 1.82) is 5.26 Å². The predicted octanol–water partition coefficient (Wildman–Crippen LogP) is 3.49. The van der Waals surface area contributed by atoms with Crippen molar-refractivity contribution in [2.24, 2.45) is 11.7 Å². The van der Waals surface area contributed by atoms with E-state index in [1.165, 1.54) is 12.1 Å². The van der Waals surface area contributed by atoms with Gasteiger partial charge in [0.2, 0.25) is 5.91 Å². The highest BCUT2D eigenvalue weighted by Crippen LogP contribution is 2.25. The van der Waals surface area contributed by atoms with Gasteiger partial charge in [0.25, 0.3) is 5.91 Å². The van der Waals surface area contributed by atoms with Crippen LogP contribution in [0, 0.1) is 23.1 Å². The summed E-state index contributed by atoms with van der Waals surface area (Å²) in [5.41, 5.74) is 7.12. The van der Waals surface area contributed by atoms with Gasteiger partial charge in [-0.3, -0.25) is 9.59 Å². The molecule has 0 unspecified atom stereocenters. The number of para-hydroxylation sites is 1. The maximum atomic E-state index is 13.1. The van der Waals surface area contributed by atoms with Gasteiger partial charge in [-0.2, -0.15) is 5.26 Å². The third-order valence-electron chi connectivity index (χ3n) is 6.07. The minimum absolute atomic E-state index is 0.0444. The van der Waals surface area contributed by atoms with Gasteiger partial charge in [-0.15, -0.1) is 0 Å². The molecule has 0 atom stereocenters. The molecular formula is C26H25FN4O3. The zero-order valence-electron chi connectivity index (χ0n) is 18.6. The highest BCUT2D eigenvalue weighted by molar-refractivity contribution is 6.04. The van der Waals surface area contributed by atoms with Crippen molar-refractivity contribution in [2.45, 2.75) is 19.4 Å². The number of primary amides is 1. The molecule has 0 spiro atoms. The molecule has 8 heteroatoms. The average molecular weight is 461 g/mol. The maximum Gasteiger partial charge on any atom is 0.264 e. The Morgan fingerprint density at radius 1 is 1.15 bits per heavy atom. The van der Waals surface area contributed by atoms with Gasteiger partial charge in [0.15, 0.2) is 0 Å². The van der Waals surface area contributed by atoms with Crippen LogP contribution in [-0.2, 0) is 16.1 Å². The van der Waals surface area contributed by atoms with E-state index < -0.39 is 0 Å². The minimum Gasteiger partial charge on any atom is -0.492 e. The molecule has 1 aromatic heterocycles. The smallest absolute Gasteiger partial charge is 0.264 e. The second-order valence-electron chi connectivity index (χ2n) is 8.24. The summed E-state index contributed by atoms with van der Waals surface area (Å²) in [5, 5.41) is 10.6. The van der Waals surface area contributed by atoms with Crippen LogP contribution in [0.15, 0.2) is 60.3 Å². The fourth-order valence-electron chi connectivity index (χ4n) is 4.20. The van der Waals surface area contributed by atoms with Crippen LogP contribution in [0.5, 0.6) is 5.75 Å². The summed E-state index contributed by atoms with van der Waals surface area (Å²) in [7, 11) is 0. The number of halogens is 1. The highest BCUT2D eigenvalue weighted by Gasteiger charge is 2.27. The summed E-state index contributed by atoms with van der Waals surface area (Å²) < 4.78 is 20.8. The lowest BCUT2D eigenvalue weighted by molar-refractivity contribution is -0.131. The molecule has 2 N–H and O–H groups in total. The molecule has 2 heterocycles. The van der Waals surface area contributed by atoms with E-state index >= 15 is 0 Å². The van der Waals surface area contributed by atoms with E-state index in [0.29, 0.717) is 44.8 Å². The molecule has 174 valence electrons. The number of fused-ring (bicyclic) bond motifs is 1. The van der Waals surface area contributed by atoms with Crippen LogP contribution in [0.3, 0.4) is 0 Å². The van der Waals surface area contributed by atoms with E-state index in [1.807, 2.05) is 41.1 Å². The first-order valence-electron chi connectivity index (χ1n) is 11.1. The van der Waals surface area contributed by atoms with Crippen LogP contribution in [0.1, 0.15) is 18.4 Å². The van der Waals surface area contributed by atoms with Gasteiger partial charge in [-0.25, -0.2) is 4.39 Å². The van der Waals surface area contributed by atoms with Crippen molar-refractivity contribution in [3.8, 4) is 11.8 Å². The number of ether oxygens (including phenoxy) is 1. The van der Waals surface area contributed by atoms with Crippen LogP contribution >= 0.6 is 0 Å². The minimum atomic E-state index is -0.348. The molecule has 1 saturated heterocycles. The van der Waals surface area contributed by atoms with Crippen LogP contribution in [0.2, 0.25) is 0 Å². The predicted molar refractivity (Wildman–Crippen MR) is 126 cm³/mol. The first-order valence-corrected chi connectivity index (χ1v) is 11.1. The van der Waals surface area contributed by atoms with Gasteiger partial charge < -0.3 is 19.9 Å². The zero-order valence-corrected chi connectivity index (χ0v) is 18.6. The van der Waals surface area contributed by atoms with Crippen molar-refractivity contribution in [1.82, 2.24) is 9.47 Å². The Morgan fingerprint density at radius 2 is 1.85 bits per heavy atom. The Bertz CT molecular complexity index is 1270. The Morgan fingerprint density at radius 3 is 2.53 bits per heavy atom. The van der Waals surface area contributed by atoms with Gasteiger partial charge in [0, 0.05) is 41.7 Å². The topological polar surface area (TPSA) is 101 Å². The molecule has 3 aromatic rings. The Kier molecular flexibility index (Phi) is 6.93. The third-order valence-corrected chi connectivity index (χ3v) is 6.07. The van der Waals surface area contributed by atoms with Crippen molar-refractivity contribution in [3.63, 3.8) is 0 Å². The number of nitriles is 1. The number of amides is 2. The molecule has 0 aliphatic carbocycles. The van der Waals surface area contributed by atoms with Gasteiger partial charge in [0.05, 0.1) is 6.54 Å². The first-order chi connectivity index (χ1) is 16.5. The number of hydrogen-bond donors (Lipinski definition) is 1. The summed E-state index contributed by atoms with van der Waals surface area (Å²) in [5.74, 6) is -0.661. The molecule has 1 aliphatic rings. The van der Waals surface area contributed by atoms with Crippen molar-refractivity contribution >= 4 is 28.8 Å². The summed E-state index contributed by atoms with van der Waals surface area (Å²) in [6.07, 6.45) is 4.52. The summed E-state index contributed by atoms with van der Waals surface area (Å²) in [6, 6.07) is 15.6. The molecule has 0 bridgehead atoms. The number of likely N-dealkylation sites (tertiary alicyclic amines) is 1. The molecule has 1 aliphatic heterocycles. The van der Waals surface area contributed by atoms with E-state index in [4.69, 9.17) is 10.5 Å². The lowest BCUT2D eigenvalue weighted by Gasteiger charge is -2.30.